The van der Waals surface area contributed by atoms with Gasteiger partial charge in [-0.15, -0.1) is 5.10 Å². The highest BCUT2D eigenvalue weighted by molar-refractivity contribution is 7.88. The number of hydrogen-bond acceptors (Lipinski definition) is 4. The lowest BCUT2D eigenvalue weighted by Crippen LogP contribution is -2.30. The summed E-state index contributed by atoms with van der Waals surface area (Å²) in [6, 6.07) is 7.78. The van der Waals surface area contributed by atoms with Crippen molar-refractivity contribution in [1.82, 2.24) is 19.3 Å². The Kier molecular flexibility index (Phi) is 3.92. The molecule has 2 fully saturated rings. The Labute approximate surface area is 142 Å². The summed E-state index contributed by atoms with van der Waals surface area (Å²) >= 11 is 0. The monoisotopic (exact) mass is 346 g/mol. The van der Waals surface area contributed by atoms with E-state index in [0.29, 0.717) is 19.0 Å². The van der Waals surface area contributed by atoms with Crippen LogP contribution in [0, 0.1) is 6.92 Å². The molecule has 4 rings (SSSR count). The van der Waals surface area contributed by atoms with E-state index in [-0.39, 0.29) is 11.8 Å². The van der Waals surface area contributed by atoms with Gasteiger partial charge in [-0.3, -0.25) is 0 Å². The van der Waals surface area contributed by atoms with E-state index in [9.17, 15) is 8.42 Å². The van der Waals surface area contributed by atoms with Crippen molar-refractivity contribution in [3.63, 3.8) is 0 Å². The molecule has 2 aromatic rings. The summed E-state index contributed by atoms with van der Waals surface area (Å²) in [5, 5.41) is 8.45. The predicted molar refractivity (Wildman–Crippen MR) is 91.0 cm³/mol. The molecule has 0 unspecified atom stereocenters. The molecule has 1 aromatic heterocycles. The number of aryl methyl sites for hydroxylation is 1. The van der Waals surface area contributed by atoms with Gasteiger partial charge < -0.3 is 0 Å². The molecular formula is C17H22N4O2S. The predicted octanol–water partition coefficient (Wildman–Crippen LogP) is 2.24. The van der Waals surface area contributed by atoms with E-state index in [1.165, 1.54) is 12.8 Å². The van der Waals surface area contributed by atoms with Crippen LogP contribution in [-0.4, -0.2) is 40.8 Å². The molecule has 24 heavy (non-hydrogen) atoms. The molecule has 1 aliphatic carbocycles. The van der Waals surface area contributed by atoms with Gasteiger partial charge in [0.05, 0.1) is 17.5 Å². The van der Waals surface area contributed by atoms with Crippen LogP contribution in [0.5, 0.6) is 0 Å². The van der Waals surface area contributed by atoms with Crippen LogP contribution < -0.4 is 0 Å². The summed E-state index contributed by atoms with van der Waals surface area (Å²) < 4.78 is 28.8. The zero-order valence-corrected chi connectivity index (χ0v) is 14.6. The molecule has 1 saturated carbocycles. The minimum Gasteiger partial charge on any atom is -0.248 e. The van der Waals surface area contributed by atoms with E-state index in [2.05, 4.69) is 10.3 Å². The van der Waals surface area contributed by atoms with E-state index in [0.717, 1.165) is 23.2 Å². The maximum absolute atomic E-state index is 12.7. The molecule has 6 nitrogen and oxygen atoms in total. The summed E-state index contributed by atoms with van der Waals surface area (Å²) in [5.41, 5.74) is 2.98. The quantitative estimate of drug-likeness (QED) is 0.833. The molecule has 0 amide bonds. The van der Waals surface area contributed by atoms with Gasteiger partial charge in [0, 0.05) is 25.2 Å². The van der Waals surface area contributed by atoms with E-state index in [1.807, 2.05) is 42.1 Å². The van der Waals surface area contributed by atoms with Gasteiger partial charge in [-0.1, -0.05) is 35.0 Å². The smallest absolute Gasteiger partial charge is 0.218 e. The van der Waals surface area contributed by atoms with Crippen molar-refractivity contribution in [2.45, 2.75) is 43.9 Å². The maximum Gasteiger partial charge on any atom is 0.218 e. The van der Waals surface area contributed by atoms with Crippen LogP contribution in [0.2, 0.25) is 0 Å². The molecule has 7 heteroatoms. The van der Waals surface area contributed by atoms with Crippen molar-refractivity contribution in [3.05, 3.63) is 47.3 Å². The van der Waals surface area contributed by atoms with Crippen molar-refractivity contribution in [3.8, 4) is 0 Å². The molecule has 1 aliphatic heterocycles. The Hall–Kier alpha value is -1.73. The van der Waals surface area contributed by atoms with Crippen molar-refractivity contribution in [1.29, 1.82) is 0 Å². The number of rotatable bonds is 5. The van der Waals surface area contributed by atoms with Gasteiger partial charge >= 0.3 is 0 Å². The van der Waals surface area contributed by atoms with Crippen LogP contribution in [0.3, 0.4) is 0 Å². The molecule has 1 aromatic carbocycles. The molecule has 0 bridgehead atoms. The zero-order chi connectivity index (χ0) is 16.7. The summed E-state index contributed by atoms with van der Waals surface area (Å²) in [6.45, 7) is 3.02. The number of hydrogen-bond donors (Lipinski definition) is 0. The zero-order valence-electron chi connectivity index (χ0n) is 13.8. The fourth-order valence-electron chi connectivity index (χ4n) is 3.32. The van der Waals surface area contributed by atoms with Crippen LogP contribution >= 0.6 is 0 Å². The highest BCUT2D eigenvalue weighted by atomic mass is 32.2. The summed E-state index contributed by atoms with van der Waals surface area (Å²) in [5.74, 6) is 0.632. The first-order chi connectivity index (χ1) is 11.5. The summed E-state index contributed by atoms with van der Waals surface area (Å²) in [6.07, 6.45) is 5.18. The first-order valence-corrected chi connectivity index (χ1v) is 10.1. The Balaban J connectivity index is 1.44. The molecule has 2 aliphatic rings. The summed E-state index contributed by atoms with van der Waals surface area (Å²) in [7, 11) is -3.30. The normalized spacial score (nSPS) is 22.1. The van der Waals surface area contributed by atoms with Crippen molar-refractivity contribution in [2.24, 2.45) is 0 Å². The standard InChI is InChI=1S/C17H22N4O2S/c1-13-3-2-4-14(9-13)12-24(22,23)20-8-7-16(10-20)21-11-17(18-19-21)15-5-6-15/h2-4,9,11,15-16H,5-8,10,12H2,1H3/t16-/m0/s1. The van der Waals surface area contributed by atoms with Crippen LogP contribution in [0.1, 0.15) is 48.0 Å². The van der Waals surface area contributed by atoms with Gasteiger partial charge in [0.1, 0.15) is 0 Å². The lowest BCUT2D eigenvalue weighted by Gasteiger charge is -2.16. The van der Waals surface area contributed by atoms with Gasteiger partial charge in [0.2, 0.25) is 10.0 Å². The van der Waals surface area contributed by atoms with Crippen molar-refractivity contribution < 1.29 is 8.42 Å². The van der Waals surface area contributed by atoms with Crippen LogP contribution in [0.4, 0.5) is 0 Å². The minimum atomic E-state index is -3.30. The second-order valence-electron chi connectivity index (χ2n) is 6.94. The fraction of sp³-hybridized carbons (Fsp3) is 0.529. The Morgan fingerprint density at radius 3 is 2.83 bits per heavy atom. The number of nitrogens with zero attached hydrogens (tertiary/aromatic N) is 4. The topological polar surface area (TPSA) is 68.1 Å². The van der Waals surface area contributed by atoms with E-state index in [1.54, 1.807) is 4.31 Å². The summed E-state index contributed by atoms with van der Waals surface area (Å²) in [4.78, 5) is 0. The third-order valence-electron chi connectivity index (χ3n) is 4.85. The van der Waals surface area contributed by atoms with Gasteiger partial charge in [0.25, 0.3) is 0 Å². The van der Waals surface area contributed by atoms with Crippen LogP contribution in [0.25, 0.3) is 0 Å². The fourth-order valence-corrected chi connectivity index (χ4v) is 4.88. The van der Waals surface area contributed by atoms with Crippen molar-refractivity contribution in [2.75, 3.05) is 13.1 Å². The second kappa shape index (κ2) is 5.97. The third-order valence-corrected chi connectivity index (χ3v) is 6.67. The van der Waals surface area contributed by atoms with E-state index >= 15 is 0 Å². The van der Waals surface area contributed by atoms with Gasteiger partial charge in [-0.05, 0) is 31.7 Å². The lowest BCUT2D eigenvalue weighted by atomic mass is 10.2. The van der Waals surface area contributed by atoms with Crippen LogP contribution in [0.15, 0.2) is 30.5 Å². The molecule has 0 spiro atoms. The Bertz CT molecular complexity index is 842. The number of sulfonamides is 1. The van der Waals surface area contributed by atoms with Crippen LogP contribution in [-0.2, 0) is 15.8 Å². The Morgan fingerprint density at radius 2 is 2.08 bits per heavy atom. The second-order valence-corrected chi connectivity index (χ2v) is 8.91. The minimum absolute atomic E-state index is 0.0616. The molecule has 2 heterocycles. The van der Waals surface area contributed by atoms with Gasteiger partial charge in [-0.25, -0.2) is 13.1 Å². The molecule has 1 atom stereocenters. The van der Waals surface area contributed by atoms with Gasteiger partial charge in [0.15, 0.2) is 0 Å². The highest BCUT2D eigenvalue weighted by Crippen LogP contribution is 2.39. The molecule has 0 radical (unpaired) electrons. The molecular weight excluding hydrogens is 324 g/mol. The van der Waals surface area contributed by atoms with Crippen molar-refractivity contribution >= 4 is 10.0 Å². The largest absolute Gasteiger partial charge is 0.248 e. The molecule has 128 valence electrons. The average molecular weight is 346 g/mol. The number of benzene rings is 1. The van der Waals surface area contributed by atoms with E-state index in [4.69, 9.17) is 0 Å². The first-order valence-electron chi connectivity index (χ1n) is 8.46. The number of aromatic nitrogens is 3. The van der Waals surface area contributed by atoms with Gasteiger partial charge in [-0.2, -0.15) is 4.31 Å². The SMILES string of the molecule is Cc1cccc(CS(=O)(=O)N2CC[C@H](n3cc(C4CC4)nn3)C2)c1. The lowest BCUT2D eigenvalue weighted by molar-refractivity contribution is 0.428. The molecule has 1 saturated heterocycles. The maximum atomic E-state index is 12.7. The highest BCUT2D eigenvalue weighted by Gasteiger charge is 2.34. The Morgan fingerprint density at radius 1 is 1.25 bits per heavy atom. The third kappa shape index (κ3) is 3.23. The van der Waals surface area contributed by atoms with E-state index < -0.39 is 10.0 Å². The molecule has 0 N–H and O–H groups in total. The first kappa shape index (κ1) is 15.8. The average Bonchev–Trinajstić information content (AvgIpc) is 3.07.